The second-order valence-corrected chi connectivity index (χ2v) is 7.89. The summed E-state index contributed by atoms with van der Waals surface area (Å²) in [5, 5.41) is 0. The van der Waals surface area contributed by atoms with E-state index >= 15 is 0 Å². The van der Waals surface area contributed by atoms with Gasteiger partial charge in [-0.25, -0.2) is 22.8 Å². The predicted octanol–water partition coefficient (Wildman–Crippen LogP) is 5.43. The second-order valence-electron chi connectivity index (χ2n) is 7.89. The van der Waals surface area contributed by atoms with Crippen molar-refractivity contribution in [3.63, 3.8) is 0 Å². The van der Waals surface area contributed by atoms with E-state index in [0.717, 1.165) is 30.3 Å². The molecule has 2 aromatic rings. The van der Waals surface area contributed by atoms with Gasteiger partial charge in [0.25, 0.3) is 0 Å². The molecule has 1 aliphatic heterocycles. The van der Waals surface area contributed by atoms with Crippen molar-refractivity contribution < 1.29 is 63.7 Å². The quantitative estimate of drug-likeness (QED) is 0.264. The number of ether oxygens (including phenoxy) is 4. The van der Waals surface area contributed by atoms with Crippen LogP contribution in [0.1, 0.15) is 40.7 Å². The molecule has 0 N–H and O–H groups in total. The first-order valence-electron chi connectivity index (χ1n) is 10.6. The minimum atomic E-state index is -6.19. The van der Waals surface area contributed by atoms with Crippen LogP contribution in [0.2, 0.25) is 0 Å². The molecule has 0 bridgehead atoms. The molecule has 0 amide bonds. The summed E-state index contributed by atoms with van der Waals surface area (Å²) in [4.78, 5) is 23.4. The summed E-state index contributed by atoms with van der Waals surface area (Å²) in [7, 11) is 0. The standard InChI is InChI=1S/C23H18F8O6/c1-2-3-11-6-16(25)18(17(26)7-11)19(32)36-13-4-5-14(15(24)8-13)12-9-34-21(35-10-12)37-20(33)22(27,28)23(29,30)31/h4-8,12,21H,2-3,9-10H2,1H3. The highest BCUT2D eigenvalue weighted by atomic mass is 19.4. The van der Waals surface area contributed by atoms with Crippen molar-refractivity contribution in [2.75, 3.05) is 13.2 Å². The van der Waals surface area contributed by atoms with Gasteiger partial charge < -0.3 is 18.9 Å². The molecule has 1 saturated heterocycles. The Labute approximate surface area is 204 Å². The van der Waals surface area contributed by atoms with Gasteiger partial charge in [0.15, 0.2) is 0 Å². The summed E-state index contributed by atoms with van der Waals surface area (Å²) in [5.41, 5.74) is -0.728. The van der Waals surface area contributed by atoms with Crippen molar-refractivity contribution >= 4 is 11.9 Å². The minimum absolute atomic E-state index is 0.105. The van der Waals surface area contributed by atoms with Crippen LogP contribution < -0.4 is 4.74 Å². The normalized spacial score (nSPS) is 18.4. The highest BCUT2D eigenvalue weighted by Crippen LogP contribution is 2.37. The van der Waals surface area contributed by atoms with Crippen LogP contribution in [0.3, 0.4) is 0 Å². The molecule has 0 spiro atoms. The second kappa shape index (κ2) is 11.0. The molecule has 1 aliphatic rings. The highest BCUT2D eigenvalue weighted by Gasteiger charge is 2.65. The van der Waals surface area contributed by atoms with Crippen molar-refractivity contribution in [2.24, 2.45) is 0 Å². The van der Waals surface area contributed by atoms with Gasteiger partial charge in [0.05, 0.1) is 13.2 Å². The van der Waals surface area contributed by atoms with Crippen LogP contribution in [0, 0.1) is 17.5 Å². The Hall–Kier alpha value is -3.26. The Balaban J connectivity index is 1.62. The third-order valence-electron chi connectivity index (χ3n) is 5.15. The van der Waals surface area contributed by atoms with Crippen LogP contribution in [-0.2, 0) is 25.4 Å². The molecule has 6 nitrogen and oxygen atoms in total. The van der Waals surface area contributed by atoms with E-state index in [1.165, 1.54) is 0 Å². The largest absolute Gasteiger partial charge is 0.465 e. The number of benzene rings is 2. The summed E-state index contributed by atoms with van der Waals surface area (Å²) in [6.07, 6.45) is -5.19. The Morgan fingerprint density at radius 3 is 2.05 bits per heavy atom. The van der Waals surface area contributed by atoms with Crippen molar-refractivity contribution in [3.8, 4) is 5.75 Å². The number of halogens is 8. The van der Waals surface area contributed by atoms with Crippen molar-refractivity contribution in [2.45, 2.75) is 44.3 Å². The molecular formula is C23H18F8O6. The Bertz CT molecular complexity index is 1140. The number of hydrogen-bond donors (Lipinski definition) is 0. The van der Waals surface area contributed by atoms with Crippen LogP contribution in [0.25, 0.3) is 0 Å². The number of carbonyl (C=O) groups is 2. The van der Waals surface area contributed by atoms with Gasteiger partial charge in [0, 0.05) is 12.0 Å². The van der Waals surface area contributed by atoms with Crippen molar-refractivity contribution in [1.29, 1.82) is 0 Å². The van der Waals surface area contributed by atoms with Gasteiger partial charge in [-0.15, -0.1) is 0 Å². The summed E-state index contributed by atoms with van der Waals surface area (Å²) in [5.74, 6) is -14.7. The fourth-order valence-corrected chi connectivity index (χ4v) is 3.32. The molecule has 14 heteroatoms. The topological polar surface area (TPSA) is 71.1 Å². The maximum absolute atomic E-state index is 14.6. The molecule has 0 aromatic heterocycles. The van der Waals surface area contributed by atoms with E-state index in [2.05, 4.69) is 4.74 Å². The Morgan fingerprint density at radius 1 is 0.946 bits per heavy atom. The van der Waals surface area contributed by atoms with E-state index in [9.17, 15) is 44.7 Å². The van der Waals surface area contributed by atoms with Gasteiger partial charge in [-0.1, -0.05) is 19.4 Å². The highest BCUT2D eigenvalue weighted by molar-refractivity contribution is 5.91. The molecule has 0 aliphatic carbocycles. The van der Waals surface area contributed by atoms with E-state index in [1.807, 2.05) is 0 Å². The zero-order chi connectivity index (χ0) is 27.5. The molecule has 3 rings (SSSR count). The lowest BCUT2D eigenvalue weighted by molar-refractivity contribution is -0.328. The van der Waals surface area contributed by atoms with Gasteiger partial charge in [-0.05, 0) is 35.7 Å². The first kappa shape index (κ1) is 28.3. The number of esters is 2. The number of alkyl halides is 5. The summed E-state index contributed by atoms with van der Waals surface area (Å²) < 4.78 is 124. The van der Waals surface area contributed by atoms with Crippen LogP contribution >= 0.6 is 0 Å². The summed E-state index contributed by atoms with van der Waals surface area (Å²) in [6.45, 7) is -1.40. The van der Waals surface area contributed by atoms with Crippen molar-refractivity contribution in [3.05, 3.63) is 64.5 Å². The van der Waals surface area contributed by atoms with E-state index in [1.54, 1.807) is 6.92 Å². The van der Waals surface area contributed by atoms with Gasteiger partial charge in [0.2, 0.25) is 0 Å². The van der Waals surface area contributed by atoms with E-state index in [4.69, 9.17) is 14.2 Å². The first-order chi connectivity index (χ1) is 17.2. The summed E-state index contributed by atoms with van der Waals surface area (Å²) in [6, 6.07) is 4.91. The zero-order valence-corrected chi connectivity index (χ0v) is 18.8. The van der Waals surface area contributed by atoms with Crippen molar-refractivity contribution in [1.82, 2.24) is 0 Å². The van der Waals surface area contributed by atoms with Gasteiger partial charge >= 0.3 is 30.5 Å². The monoisotopic (exact) mass is 542 g/mol. The maximum atomic E-state index is 14.6. The van der Waals surface area contributed by atoms with Gasteiger partial charge in [-0.3, -0.25) is 0 Å². The molecule has 2 aromatic carbocycles. The molecule has 1 fully saturated rings. The third kappa shape index (κ3) is 6.36. The molecule has 0 unspecified atom stereocenters. The van der Waals surface area contributed by atoms with Gasteiger partial charge in [-0.2, -0.15) is 22.0 Å². The molecular weight excluding hydrogens is 524 g/mol. The lowest BCUT2D eigenvalue weighted by Crippen LogP contribution is -2.47. The lowest BCUT2D eigenvalue weighted by atomic mass is 9.99. The average molecular weight is 542 g/mol. The maximum Gasteiger partial charge on any atom is 0.465 e. The number of aryl methyl sites for hydroxylation is 1. The molecule has 0 radical (unpaired) electrons. The summed E-state index contributed by atoms with van der Waals surface area (Å²) >= 11 is 0. The first-order valence-corrected chi connectivity index (χ1v) is 10.6. The van der Waals surface area contributed by atoms with Gasteiger partial charge in [0.1, 0.15) is 28.8 Å². The smallest absolute Gasteiger partial charge is 0.423 e. The zero-order valence-electron chi connectivity index (χ0n) is 18.8. The fraction of sp³-hybridized carbons (Fsp3) is 0.391. The van der Waals surface area contributed by atoms with Crippen LogP contribution in [0.15, 0.2) is 30.3 Å². The molecule has 0 saturated carbocycles. The van der Waals surface area contributed by atoms with E-state index in [0.29, 0.717) is 18.4 Å². The number of carbonyl (C=O) groups excluding carboxylic acids is 2. The molecule has 202 valence electrons. The van der Waals surface area contributed by atoms with Crippen LogP contribution in [-0.4, -0.2) is 43.7 Å². The molecule has 1 heterocycles. The fourth-order valence-electron chi connectivity index (χ4n) is 3.32. The average Bonchev–Trinajstić information content (AvgIpc) is 2.79. The van der Waals surface area contributed by atoms with Crippen LogP contribution in [0.4, 0.5) is 35.1 Å². The Kier molecular flexibility index (Phi) is 8.42. The minimum Gasteiger partial charge on any atom is -0.423 e. The Morgan fingerprint density at radius 2 is 1.54 bits per heavy atom. The number of rotatable bonds is 7. The lowest BCUT2D eigenvalue weighted by Gasteiger charge is -2.30. The van der Waals surface area contributed by atoms with Crippen LogP contribution in [0.5, 0.6) is 5.75 Å². The van der Waals surface area contributed by atoms with E-state index in [-0.39, 0.29) is 5.56 Å². The van der Waals surface area contributed by atoms with E-state index < -0.39 is 78.4 Å². The molecule has 0 atom stereocenters. The number of hydrogen-bond acceptors (Lipinski definition) is 6. The third-order valence-corrected chi connectivity index (χ3v) is 5.15. The predicted molar refractivity (Wildman–Crippen MR) is 107 cm³/mol. The molecule has 37 heavy (non-hydrogen) atoms. The SMILES string of the molecule is CCCc1cc(F)c(C(=O)Oc2ccc(C3COC(OC(=O)C(F)(F)C(F)(F)F)OC3)c(F)c2)c(F)c1.